The van der Waals surface area contributed by atoms with Gasteiger partial charge >= 0.3 is 12.0 Å². The summed E-state index contributed by atoms with van der Waals surface area (Å²) in [4.78, 5) is 21.9. The molecule has 1 atom stereocenters. The van der Waals surface area contributed by atoms with Crippen molar-refractivity contribution < 1.29 is 14.7 Å². The van der Waals surface area contributed by atoms with Crippen molar-refractivity contribution in [3.05, 3.63) is 27.7 Å². The molecule has 0 radical (unpaired) electrons. The minimum absolute atomic E-state index is 0.511. The summed E-state index contributed by atoms with van der Waals surface area (Å²) in [6.45, 7) is 1.37. The van der Waals surface area contributed by atoms with Gasteiger partial charge in [-0.25, -0.2) is 4.79 Å². The van der Waals surface area contributed by atoms with Crippen LogP contribution in [0.2, 0.25) is 5.02 Å². The summed E-state index contributed by atoms with van der Waals surface area (Å²) in [6, 6.07) is 3.30. The maximum atomic E-state index is 11.4. The van der Waals surface area contributed by atoms with E-state index in [1.807, 2.05) is 0 Å². The van der Waals surface area contributed by atoms with Gasteiger partial charge in [-0.05, 0) is 41.1 Å². The fraction of sp³-hybridized carbons (Fsp3) is 0.200. The zero-order valence-electron chi connectivity index (χ0n) is 8.83. The lowest BCUT2D eigenvalue weighted by molar-refractivity contribution is -0.138. The fourth-order valence-corrected chi connectivity index (χ4v) is 1.50. The zero-order valence-corrected chi connectivity index (χ0v) is 11.2. The molecule has 1 aromatic carbocycles. The molecule has 2 amide bonds. The van der Waals surface area contributed by atoms with Crippen LogP contribution in [0.15, 0.2) is 22.7 Å². The van der Waals surface area contributed by atoms with E-state index in [0.717, 1.165) is 0 Å². The first-order valence-corrected chi connectivity index (χ1v) is 5.82. The molecule has 5 nitrogen and oxygen atoms in total. The van der Waals surface area contributed by atoms with Crippen molar-refractivity contribution in [3.8, 4) is 0 Å². The quantitative estimate of drug-likeness (QED) is 0.801. The van der Waals surface area contributed by atoms with E-state index < -0.39 is 18.0 Å². The predicted octanol–water partition coefficient (Wildman–Crippen LogP) is 2.70. The molecule has 0 saturated carbocycles. The van der Waals surface area contributed by atoms with Crippen LogP contribution in [0.5, 0.6) is 0 Å². The van der Waals surface area contributed by atoms with Gasteiger partial charge in [0.05, 0.1) is 5.02 Å². The first-order valence-electron chi connectivity index (χ1n) is 4.65. The van der Waals surface area contributed by atoms with Crippen molar-refractivity contribution in [1.82, 2.24) is 5.32 Å². The Labute approximate surface area is 111 Å². The standard InChI is InChI=1S/C10H10BrClN2O3/c1-5(9(15)16)13-10(17)14-6-2-3-8(12)7(11)4-6/h2-5H,1H3,(H,15,16)(H2,13,14,17). The van der Waals surface area contributed by atoms with Gasteiger partial charge in [0.2, 0.25) is 0 Å². The molecular weight excluding hydrogens is 311 g/mol. The second-order valence-electron chi connectivity index (χ2n) is 3.29. The van der Waals surface area contributed by atoms with Crippen LogP contribution >= 0.6 is 27.5 Å². The third-order valence-corrected chi connectivity index (χ3v) is 3.11. The second kappa shape index (κ2) is 5.88. The average molecular weight is 322 g/mol. The van der Waals surface area contributed by atoms with Gasteiger partial charge in [0.15, 0.2) is 0 Å². The number of carbonyl (C=O) groups is 2. The number of aliphatic carboxylic acids is 1. The van der Waals surface area contributed by atoms with Crippen LogP contribution in [0.3, 0.4) is 0 Å². The summed E-state index contributed by atoms with van der Waals surface area (Å²) in [6.07, 6.45) is 0. The van der Waals surface area contributed by atoms with E-state index in [1.165, 1.54) is 6.92 Å². The minimum atomic E-state index is -1.10. The van der Waals surface area contributed by atoms with Crippen molar-refractivity contribution in [2.45, 2.75) is 13.0 Å². The maximum absolute atomic E-state index is 11.4. The SMILES string of the molecule is CC(NC(=O)Nc1ccc(Cl)c(Br)c1)C(=O)O. The molecule has 3 N–H and O–H groups in total. The van der Waals surface area contributed by atoms with Gasteiger partial charge in [-0.15, -0.1) is 0 Å². The number of benzene rings is 1. The minimum Gasteiger partial charge on any atom is -0.480 e. The topological polar surface area (TPSA) is 78.4 Å². The number of anilines is 1. The molecule has 0 saturated heterocycles. The van der Waals surface area contributed by atoms with Crippen molar-refractivity contribution in [1.29, 1.82) is 0 Å². The van der Waals surface area contributed by atoms with Crippen molar-refractivity contribution in [3.63, 3.8) is 0 Å². The molecule has 0 fully saturated rings. The number of carbonyl (C=O) groups excluding carboxylic acids is 1. The number of carboxylic acid groups (broad SMARTS) is 1. The van der Waals surface area contributed by atoms with Gasteiger partial charge in [-0.2, -0.15) is 0 Å². The number of amides is 2. The Bertz CT molecular complexity index is 453. The van der Waals surface area contributed by atoms with E-state index in [2.05, 4.69) is 26.6 Å². The Morgan fingerprint density at radius 2 is 2.12 bits per heavy atom. The van der Waals surface area contributed by atoms with E-state index >= 15 is 0 Å². The molecule has 1 rings (SSSR count). The first kappa shape index (κ1) is 13.8. The summed E-state index contributed by atoms with van der Waals surface area (Å²) in [5.74, 6) is -1.10. The van der Waals surface area contributed by atoms with Crippen molar-refractivity contribution in [2.75, 3.05) is 5.32 Å². The predicted molar refractivity (Wildman–Crippen MR) is 68.4 cm³/mol. The summed E-state index contributed by atoms with van der Waals surface area (Å²) < 4.78 is 0.642. The van der Waals surface area contributed by atoms with E-state index in [1.54, 1.807) is 18.2 Å². The van der Waals surface area contributed by atoms with Crippen LogP contribution < -0.4 is 10.6 Å². The molecule has 0 bridgehead atoms. The van der Waals surface area contributed by atoms with Crippen LogP contribution in [-0.2, 0) is 4.79 Å². The lowest BCUT2D eigenvalue weighted by Gasteiger charge is -2.11. The Balaban J connectivity index is 2.62. The average Bonchev–Trinajstić information content (AvgIpc) is 2.23. The maximum Gasteiger partial charge on any atom is 0.325 e. The van der Waals surface area contributed by atoms with Crippen LogP contribution in [-0.4, -0.2) is 23.1 Å². The smallest absolute Gasteiger partial charge is 0.325 e. The van der Waals surface area contributed by atoms with Crippen LogP contribution in [0.4, 0.5) is 10.5 Å². The summed E-state index contributed by atoms with van der Waals surface area (Å²) in [7, 11) is 0. The number of hydrogen-bond acceptors (Lipinski definition) is 2. The second-order valence-corrected chi connectivity index (χ2v) is 4.55. The zero-order chi connectivity index (χ0) is 13.0. The molecule has 1 unspecified atom stereocenters. The third-order valence-electron chi connectivity index (χ3n) is 1.90. The number of nitrogens with one attached hydrogen (secondary N) is 2. The molecule has 0 spiro atoms. The number of rotatable bonds is 3. The molecular formula is C10H10BrClN2O3. The first-order chi connectivity index (χ1) is 7.90. The lowest BCUT2D eigenvalue weighted by Crippen LogP contribution is -2.40. The Morgan fingerprint density at radius 3 is 2.65 bits per heavy atom. The van der Waals surface area contributed by atoms with Crippen molar-refractivity contribution >= 4 is 45.2 Å². The Hall–Kier alpha value is -1.27. The summed E-state index contributed by atoms with van der Waals surface area (Å²) >= 11 is 9.00. The molecule has 92 valence electrons. The molecule has 7 heteroatoms. The highest BCUT2D eigenvalue weighted by atomic mass is 79.9. The number of hydrogen-bond donors (Lipinski definition) is 3. The van der Waals surface area contributed by atoms with Gasteiger partial charge in [0.25, 0.3) is 0 Å². The largest absolute Gasteiger partial charge is 0.480 e. The van der Waals surface area contributed by atoms with Gasteiger partial charge < -0.3 is 15.7 Å². The van der Waals surface area contributed by atoms with E-state index in [9.17, 15) is 9.59 Å². The molecule has 0 aliphatic carbocycles. The van der Waals surface area contributed by atoms with Crippen LogP contribution in [0.1, 0.15) is 6.92 Å². The molecule has 0 aliphatic rings. The van der Waals surface area contributed by atoms with E-state index in [-0.39, 0.29) is 0 Å². The molecule has 0 heterocycles. The van der Waals surface area contributed by atoms with Crippen LogP contribution in [0.25, 0.3) is 0 Å². The summed E-state index contributed by atoms with van der Waals surface area (Å²) in [5, 5.41) is 13.9. The lowest BCUT2D eigenvalue weighted by atomic mass is 10.3. The molecule has 0 aromatic heterocycles. The Kier molecular flexibility index (Phi) is 4.77. The highest BCUT2D eigenvalue weighted by molar-refractivity contribution is 9.10. The number of halogens is 2. The van der Waals surface area contributed by atoms with E-state index in [0.29, 0.717) is 15.2 Å². The fourth-order valence-electron chi connectivity index (χ4n) is 0.999. The van der Waals surface area contributed by atoms with Gasteiger partial charge in [-0.3, -0.25) is 4.79 Å². The molecule has 17 heavy (non-hydrogen) atoms. The monoisotopic (exact) mass is 320 g/mol. The molecule has 1 aromatic rings. The van der Waals surface area contributed by atoms with Gasteiger partial charge in [-0.1, -0.05) is 11.6 Å². The Morgan fingerprint density at radius 1 is 1.47 bits per heavy atom. The summed E-state index contributed by atoms with van der Waals surface area (Å²) in [5.41, 5.74) is 0.511. The number of carboxylic acids is 1. The van der Waals surface area contributed by atoms with E-state index in [4.69, 9.17) is 16.7 Å². The highest BCUT2D eigenvalue weighted by Gasteiger charge is 2.13. The molecule has 0 aliphatic heterocycles. The van der Waals surface area contributed by atoms with Gasteiger partial charge in [0.1, 0.15) is 6.04 Å². The number of urea groups is 1. The van der Waals surface area contributed by atoms with Crippen molar-refractivity contribution in [2.24, 2.45) is 0 Å². The third kappa shape index (κ3) is 4.24. The van der Waals surface area contributed by atoms with Gasteiger partial charge in [0, 0.05) is 10.2 Å². The highest BCUT2D eigenvalue weighted by Crippen LogP contribution is 2.25. The van der Waals surface area contributed by atoms with Crippen LogP contribution in [0, 0.1) is 0 Å². The normalized spacial score (nSPS) is 11.7.